The number of rotatable bonds is 3. The molecule has 3 rings (SSSR count). The van der Waals surface area contributed by atoms with Crippen LogP contribution in [0.2, 0.25) is 5.02 Å². The number of H-pyrrole nitrogens is 1. The van der Waals surface area contributed by atoms with Crippen LogP contribution >= 0.6 is 27.5 Å². The quantitative estimate of drug-likeness (QED) is 0.346. The minimum absolute atomic E-state index is 0.0857. The molecule has 1 aromatic heterocycles. The van der Waals surface area contributed by atoms with Crippen LogP contribution in [0, 0.1) is 0 Å². The normalized spacial score (nSPS) is 11.7. The van der Waals surface area contributed by atoms with Crippen LogP contribution in [-0.4, -0.2) is 16.7 Å². The van der Waals surface area contributed by atoms with Crippen molar-refractivity contribution >= 4 is 50.1 Å². The van der Waals surface area contributed by atoms with Crippen molar-refractivity contribution in [2.75, 3.05) is 0 Å². The first-order valence-electron chi connectivity index (χ1n) is 7.16. The molecule has 5 nitrogen and oxygen atoms in total. The number of fused-ring (bicyclic) bond motifs is 1. The summed E-state index contributed by atoms with van der Waals surface area (Å²) < 4.78 is 1.01. The van der Waals surface area contributed by atoms with E-state index >= 15 is 0 Å². The van der Waals surface area contributed by atoms with Crippen LogP contribution in [-0.2, 0) is 0 Å². The summed E-state index contributed by atoms with van der Waals surface area (Å²) in [5, 5.41) is 9.51. The van der Waals surface area contributed by atoms with E-state index in [2.05, 4.69) is 31.1 Å². The van der Waals surface area contributed by atoms with Gasteiger partial charge in [0.2, 0.25) is 5.96 Å². The van der Waals surface area contributed by atoms with Gasteiger partial charge in [0.1, 0.15) is 0 Å². The third-order valence-electron chi connectivity index (χ3n) is 3.57. The molecular formula is C17H15BrClN5. The Morgan fingerprint density at radius 2 is 1.79 bits per heavy atom. The molecule has 0 atom stereocenters. The highest BCUT2D eigenvalue weighted by Gasteiger charge is 2.16. The summed E-state index contributed by atoms with van der Waals surface area (Å²) in [6, 6.07) is 13.7. The zero-order valence-electron chi connectivity index (χ0n) is 12.8. The molecule has 3 aromatic rings. The highest BCUT2D eigenvalue weighted by atomic mass is 79.9. The molecule has 0 fully saturated rings. The van der Waals surface area contributed by atoms with E-state index in [1.165, 1.54) is 0 Å². The van der Waals surface area contributed by atoms with E-state index in [1.807, 2.05) is 49.4 Å². The Bertz CT molecular complexity index is 953. The molecule has 1 heterocycles. The monoisotopic (exact) mass is 403 g/mol. The van der Waals surface area contributed by atoms with Crippen molar-refractivity contribution in [1.29, 1.82) is 0 Å². The van der Waals surface area contributed by atoms with E-state index in [9.17, 15) is 0 Å². The van der Waals surface area contributed by atoms with Crippen molar-refractivity contribution in [3.8, 4) is 11.3 Å². The minimum Gasteiger partial charge on any atom is -0.369 e. The van der Waals surface area contributed by atoms with Crippen molar-refractivity contribution in [3.63, 3.8) is 0 Å². The lowest BCUT2D eigenvalue weighted by Gasteiger charge is -2.05. The number of nitrogens with two attached hydrogens (primary N) is 2. The van der Waals surface area contributed by atoms with Crippen LogP contribution < -0.4 is 11.5 Å². The molecule has 0 saturated carbocycles. The first-order valence-corrected chi connectivity index (χ1v) is 8.33. The van der Waals surface area contributed by atoms with E-state index in [1.54, 1.807) is 0 Å². The number of guanidine groups is 1. The smallest absolute Gasteiger partial charge is 0.211 e. The lowest BCUT2D eigenvalue weighted by molar-refractivity contribution is 1.20. The van der Waals surface area contributed by atoms with Gasteiger partial charge in [0.15, 0.2) is 0 Å². The van der Waals surface area contributed by atoms with Gasteiger partial charge in [-0.15, -0.1) is 5.10 Å². The fraction of sp³-hybridized carbons (Fsp3) is 0.0588. The number of benzene rings is 2. The maximum Gasteiger partial charge on any atom is 0.211 e. The third kappa shape index (κ3) is 3.29. The number of nitrogens with zero attached hydrogens (tertiary/aromatic N) is 2. The molecule has 122 valence electrons. The lowest BCUT2D eigenvalue weighted by Crippen LogP contribution is -2.22. The van der Waals surface area contributed by atoms with Gasteiger partial charge in [0.05, 0.1) is 11.4 Å². The summed E-state index contributed by atoms with van der Waals surface area (Å²) in [7, 11) is 0. The van der Waals surface area contributed by atoms with Crippen LogP contribution in [0.5, 0.6) is 0 Å². The molecule has 5 N–H and O–H groups in total. The zero-order chi connectivity index (χ0) is 17.3. The molecular weight excluding hydrogens is 390 g/mol. The Morgan fingerprint density at radius 1 is 1.08 bits per heavy atom. The maximum atomic E-state index is 6.17. The van der Waals surface area contributed by atoms with Crippen LogP contribution in [0.1, 0.15) is 12.5 Å². The lowest BCUT2D eigenvalue weighted by atomic mass is 10.0. The molecule has 7 heteroatoms. The van der Waals surface area contributed by atoms with Gasteiger partial charge in [0, 0.05) is 26.0 Å². The van der Waals surface area contributed by atoms with E-state index in [0.717, 1.165) is 32.2 Å². The topological polar surface area (TPSA) is 92.5 Å². The molecule has 0 saturated heterocycles. The summed E-state index contributed by atoms with van der Waals surface area (Å²) in [5.74, 6) is -0.0857. The summed E-state index contributed by atoms with van der Waals surface area (Å²) in [6.45, 7) is 1.86. The van der Waals surface area contributed by atoms with Crippen molar-refractivity contribution in [2.24, 2.45) is 21.7 Å². The molecule has 0 aliphatic carbocycles. The molecule has 2 aromatic carbocycles. The molecule has 0 radical (unpaired) electrons. The van der Waals surface area contributed by atoms with Crippen molar-refractivity contribution in [2.45, 2.75) is 6.92 Å². The maximum absolute atomic E-state index is 6.17. The van der Waals surface area contributed by atoms with Gasteiger partial charge in [-0.1, -0.05) is 39.7 Å². The molecule has 0 aliphatic heterocycles. The van der Waals surface area contributed by atoms with E-state index in [4.69, 9.17) is 23.1 Å². The van der Waals surface area contributed by atoms with Crippen molar-refractivity contribution < 1.29 is 0 Å². The molecule has 24 heavy (non-hydrogen) atoms. The van der Waals surface area contributed by atoms with Gasteiger partial charge < -0.3 is 16.5 Å². The highest BCUT2D eigenvalue weighted by Crippen LogP contribution is 2.33. The number of aromatic nitrogens is 1. The number of nitrogens with one attached hydrogen (secondary N) is 1. The van der Waals surface area contributed by atoms with Crippen molar-refractivity contribution in [3.05, 3.63) is 57.5 Å². The highest BCUT2D eigenvalue weighted by molar-refractivity contribution is 9.10. The van der Waals surface area contributed by atoms with Gasteiger partial charge in [0.25, 0.3) is 0 Å². The number of halogens is 2. The second-order valence-corrected chi connectivity index (χ2v) is 6.63. The number of hydrogen-bond acceptors (Lipinski definition) is 2. The Morgan fingerprint density at radius 3 is 2.46 bits per heavy atom. The SMILES string of the molecule is C/C(=N/N=C(N)N)c1c(-c2ccc(Br)cc2)[nH]c2ccc(Cl)cc12. The van der Waals surface area contributed by atoms with Gasteiger partial charge in [-0.05, 0) is 42.8 Å². The molecule has 0 amide bonds. The van der Waals surface area contributed by atoms with Crippen LogP contribution in [0.25, 0.3) is 22.2 Å². The predicted octanol–water partition coefficient (Wildman–Crippen LogP) is 4.25. The Hall–Kier alpha value is -2.31. The summed E-state index contributed by atoms with van der Waals surface area (Å²) in [6.07, 6.45) is 0. The predicted molar refractivity (Wildman–Crippen MR) is 104 cm³/mol. The van der Waals surface area contributed by atoms with E-state index < -0.39 is 0 Å². The summed E-state index contributed by atoms with van der Waals surface area (Å²) in [5.41, 5.74) is 15.3. The zero-order valence-corrected chi connectivity index (χ0v) is 15.2. The summed E-state index contributed by atoms with van der Waals surface area (Å²) in [4.78, 5) is 3.43. The second-order valence-electron chi connectivity index (χ2n) is 5.28. The Labute approximate surface area is 152 Å². The molecule has 0 unspecified atom stereocenters. The third-order valence-corrected chi connectivity index (χ3v) is 4.33. The summed E-state index contributed by atoms with van der Waals surface area (Å²) >= 11 is 9.62. The van der Waals surface area contributed by atoms with Gasteiger partial charge in [-0.2, -0.15) is 5.10 Å². The van der Waals surface area contributed by atoms with Crippen molar-refractivity contribution in [1.82, 2.24) is 4.98 Å². The minimum atomic E-state index is -0.0857. The standard InChI is InChI=1S/C17H15BrClN5/c1-9(23-24-17(20)21)15-13-8-12(19)6-7-14(13)22-16(15)10-2-4-11(18)5-3-10/h2-8,22H,1H3,(H4,20,21,24)/b23-9-. The molecule has 0 aliphatic rings. The molecule has 0 bridgehead atoms. The van der Waals surface area contributed by atoms with Gasteiger partial charge >= 0.3 is 0 Å². The van der Waals surface area contributed by atoms with E-state index in [0.29, 0.717) is 10.7 Å². The largest absolute Gasteiger partial charge is 0.369 e. The second kappa shape index (κ2) is 6.67. The Balaban J connectivity index is 2.28. The Kier molecular flexibility index (Phi) is 4.59. The molecule has 0 spiro atoms. The average Bonchev–Trinajstić information content (AvgIpc) is 2.91. The number of hydrogen-bond donors (Lipinski definition) is 3. The van der Waals surface area contributed by atoms with Crippen LogP contribution in [0.4, 0.5) is 0 Å². The van der Waals surface area contributed by atoms with Crippen LogP contribution in [0.15, 0.2) is 57.1 Å². The fourth-order valence-corrected chi connectivity index (χ4v) is 2.99. The first kappa shape index (κ1) is 16.5. The van der Waals surface area contributed by atoms with Crippen LogP contribution in [0.3, 0.4) is 0 Å². The van der Waals surface area contributed by atoms with E-state index in [-0.39, 0.29) is 5.96 Å². The van der Waals surface area contributed by atoms with Gasteiger partial charge in [-0.3, -0.25) is 0 Å². The fourth-order valence-electron chi connectivity index (χ4n) is 2.56. The first-order chi connectivity index (χ1) is 11.5. The van der Waals surface area contributed by atoms with Gasteiger partial charge in [-0.25, -0.2) is 0 Å². The average molecular weight is 405 g/mol. The number of aromatic amines is 1.